The van der Waals surface area contributed by atoms with Crippen LogP contribution in [0.25, 0.3) is 0 Å². The van der Waals surface area contributed by atoms with E-state index in [1.165, 1.54) is 5.56 Å². The van der Waals surface area contributed by atoms with E-state index in [-0.39, 0.29) is 11.7 Å². The predicted octanol–water partition coefficient (Wildman–Crippen LogP) is 1.87. The number of fused-ring (bicyclic) bond motifs is 1. The fourth-order valence-corrected chi connectivity index (χ4v) is 2.16. The zero-order chi connectivity index (χ0) is 10.1. The first kappa shape index (κ1) is 9.41. The molecule has 0 spiro atoms. The number of carbonyl (C=O) groups is 1. The molecule has 0 amide bonds. The van der Waals surface area contributed by atoms with Gasteiger partial charge in [0.15, 0.2) is 0 Å². The van der Waals surface area contributed by atoms with Crippen LogP contribution in [0.15, 0.2) is 24.3 Å². The molecule has 0 saturated carbocycles. The molecule has 0 aromatic heterocycles. The van der Waals surface area contributed by atoms with Gasteiger partial charge in [-0.15, -0.1) is 0 Å². The fraction of sp³-hybridized carbons (Fsp3) is 0.417. The van der Waals surface area contributed by atoms with Gasteiger partial charge in [-0.1, -0.05) is 24.3 Å². The van der Waals surface area contributed by atoms with Gasteiger partial charge >= 0.3 is 0 Å². The molecule has 0 heterocycles. The van der Waals surface area contributed by atoms with Crippen LogP contribution in [0.4, 0.5) is 0 Å². The van der Waals surface area contributed by atoms with Crippen molar-refractivity contribution in [2.45, 2.75) is 25.9 Å². The Bertz CT molecular complexity index is 357. The predicted molar refractivity (Wildman–Crippen MR) is 53.9 cm³/mol. The fourth-order valence-electron chi connectivity index (χ4n) is 2.16. The van der Waals surface area contributed by atoms with Crippen LogP contribution in [0.3, 0.4) is 0 Å². The van der Waals surface area contributed by atoms with Crippen LogP contribution in [0.2, 0.25) is 0 Å². The molecule has 0 aliphatic heterocycles. The maximum absolute atomic E-state index is 11.3. The number of aliphatic hydroxyl groups excluding tert-OH is 1. The highest BCUT2D eigenvalue weighted by Crippen LogP contribution is 2.34. The topological polar surface area (TPSA) is 37.3 Å². The molecule has 2 unspecified atom stereocenters. The second kappa shape index (κ2) is 3.54. The third-order valence-corrected chi connectivity index (χ3v) is 3.00. The Balaban J connectivity index is 2.36. The lowest BCUT2D eigenvalue weighted by Gasteiger charge is -2.28. The van der Waals surface area contributed by atoms with E-state index in [4.69, 9.17) is 0 Å². The van der Waals surface area contributed by atoms with E-state index in [2.05, 4.69) is 0 Å². The summed E-state index contributed by atoms with van der Waals surface area (Å²) < 4.78 is 0. The molecule has 2 atom stereocenters. The summed E-state index contributed by atoms with van der Waals surface area (Å²) in [7, 11) is 0. The third-order valence-electron chi connectivity index (χ3n) is 3.00. The second-order valence-corrected chi connectivity index (χ2v) is 3.90. The summed E-state index contributed by atoms with van der Waals surface area (Å²) in [6.45, 7) is 1.56. The summed E-state index contributed by atoms with van der Waals surface area (Å²) in [5, 5.41) is 9.97. The lowest BCUT2D eigenvalue weighted by molar-refractivity contribution is -0.125. The van der Waals surface area contributed by atoms with Gasteiger partial charge in [-0.05, 0) is 30.9 Å². The van der Waals surface area contributed by atoms with E-state index >= 15 is 0 Å². The van der Waals surface area contributed by atoms with Crippen molar-refractivity contribution in [2.24, 2.45) is 5.92 Å². The first-order valence-corrected chi connectivity index (χ1v) is 4.96. The zero-order valence-corrected chi connectivity index (χ0v) is 8.23. The van der Waals surface area contributed by atoms with Crippen molar-refractivity contribution in [1.29, 1.82) is 0 Å². The van der Waals surface area contributed by atoms with Gasteiger partial charge in [-0.25, -0.2) is 0 Å². The summed E-state index contributed by atoms with van der Waals surface area (Å²) in [6, 6.07) is 7.81. The third kappa shape index (κ3) is 1.46. The number of hydrogen-bond donors (Lipinski definition) is 1. The van der Waals surface area contributed by atoms with Crippen molar-refractivity contribution in [3.05, 3.63) is 35.4 Å². The molecule has 74 valence electrons. The number of hydrogen-bond acceptors (Lipinski definition) is 2. The second-order valence-electron chi connectivity index (χ2n) is 3.90. The lowest BCUT2D eigenvalue weighted by Crippen LogP contribution is -2.25. The number of aryl methyl sites for hydroxylation is 1. The molecule has 1 N–H and O–H groups in total. The summed E-state index contributed by atoms with van der Waals surface area (Å²) >= 11 is 0. The smallest absolute Gasteiger partial charge is 0.135 e. The van der Waals surface area contributed by atoms with Crippen LogP contribution in [0.5, 0.6) is 0 Å². The van der Waals surface area contributed by atoms with Crippen molar-refractivity contribution in [1.82, 2.24) is 0 Å². The maximum Gasteiger partial charge on any atom is 0.135 e. The SMILES string of the molecule is CC(=O)C1CCc2ccccc2C1O. The Hall–Kier alpha value is -1.15. The van der Waals surface area contributed by atoms with Crippen molar-refractivity contribution in [2.75, 3.05) is 0 Å². The molecule has 1 aromatic rings. The van der Waals surface area contributed by atoms with E-state index in [9.17, 15) is 9.90 Å². The van der Waals surface area contributed by atoms with Crippen LogP contribution in [-0.4, -0.2) is 10.9 Å². The Morgan fingerprint density at radius 3 is 2.86 bits per heavy atom. The number of rotatable bonds is 1. The maximum atomic E-state index is 11.3. The molecule has 1 aromatic carbocycles. The Morgan fingerprint density at radius 1 is 1.43 bits per heavy atom. The normalized spacial score (nSPS) is 25.6. The zero-order valence-electron chi connectivity index (χ0n) is 8.23. The Morgan fingerprint density at radius 2 is 2.14 bits per heavy atom. The average Bonchev–Trinajstić information content (AvgIpc) is 2.18. The number of Topliss-reactive ketones (excluding diaryl/α,β-unsaturated/α-hetero) is 1. The van der Waals surface area contributed by atoms with Crippen LogP contribution in [0.1, 0.15) is 30.6 Å². The summed E-state index contributed by atoms with van der Waals surface area (Å²) in [4.78, 5) is 11.3. The molecular weight excluding hydrogens is 176 g/mol. The number of carbonyl (C=O) groups excluding carboxylic acids is 1. The molecule has 0 radical (unpaired) electrons. The minimum Gasteiger partial charge on any atom is -0.388 e. The average molecular weight is 190 g/mol. The van der Waals surface area contributed by atoms with Gasteiger partial charge in [0.2, 0.25) is 0 Å². The number of ketones is 1. The summed E-state index contributed by atoms with van der Waals surface area (Å²) in [6.07, 6.45) is 1.07. The van der Waals surface area contributed by atoms with E-state index in [0.717, 1.165) is 18.4 Å². The van der Waals surface area contributed by atoms with Crippen molar-refractivity contribution in [3.63, 3.8) is 0 Å². The summed E-state index contributed by atoms with van der Waals surface area (Å²) in [5.41, 5.74) is 2.11. The lowest BCUT2D eigenvalue weighted by atomic mass is 9.80. The van der Waals surface area contributed by atoms with E-state index in [1.807, 2.05) is 24.3 Å². The van der Waals surface area contributed by atoms with Crippen LogP contribution >= 0.6 is 0 Å². The minimum absolute atomic E-state index is 0.0898. The quantitative estimate of drug-likeness (QED) is 0.734. The minimum atomic E-state index is -0.600. The van der Waals surface area contributed by atoms with Gasteiger partial charge in [0.1, 0.15) is 5.78 Å². The van der Waals surface area contributed by atoms with Gasteiger partial charge in [0, 0.05) is 5.92 Å². The Kier molecular flexibility index (Phi) is 2.38. The van der Waals surface area contributed by atoms with Gasteiger partial charge in [-0.2, -0.15) is 0 Å². The van der Waals surface area contributed by atoms with E-state index in [0.29, 0.717) is 0 Å². The molecule has 0 fully saturated rings. The number of benzene rings is 1. The molecule has 2 heteroatoms. The van der Waals surface area contributed by atoms with Gasteiger partial charge in [0.25, 0.3) is 0 Å². The Labute approximate surface area is 83.6 Å². The first-order chi connectivity index (χ1) is 6.70. The van der Waals surface area contributed by atoms with Crippen LogP contribution in [-0.2, 0) is 11.2 Å². The van der Waals surface area contributed by atoms with Gasteiger partial charge in [0.05, 0.1) is 6.10 Å². The molecule has 2 nitrogen and oxygen atoms in total. The molecule has 0 saturated heterocycles. The highest BCUT2D eigenvalue weighted by Gasteiger charge is 2.30. The number of aliphatic hydroxyl groups is 1. The van der Waals surface area contributed by atoms with Crippen molar-refractivity contribution < 1.29 is 9.90 Å². The van der Waals surface area contributed by atoms with Gasteiger partial charge < -0.3 is 5.11 Å². The standard InChI is InChI=1S/C12H14O2/c1-8(13)10-7-6-9-4-2-3-5-11(9)12(10)14/h2-5,10,12,14H,6-7H2,1H3. The summed E-state index contributed by atoms with van der Waals surface area (Å²) in [5.74, 6) is -0.114. The molecule has 2 rings (SSSR count). The van der Waals surface area contributed by atoms with E-state index in [1.54, 1.807) is 6.92 Å². The van der Waals surface area contributed by atoms with Crippen LogP contribution < -0.4 is 0 Å². The monoisotopic (exact) mass is 190 g/mol. The van der Waals surface area contributed by atoms with E-state index < -0.39 is 6.10 Å². The van der Waals surface area contributed by atoms with Gasteiger partial charge in [-0.3, -0.25) is 4.79 Å². The highest BCUT2D eigenvalue weighted by molar-refractivity contribution is 5.79. The molecule has 1 aliphatic rings. The van der Waals surface area contributed by atoms with Crippen molar-refractivity contribution >= 4 is 5.78 Å². The molecule has 0 bridgehead atoms. The molecule has 1 aliphatic carbocycles. The van der Waals surface area contributed by atoms with Crippen LogP contribution in [0, 0.1) is 5.92 Å². The first-order valence-electron chi connectivity index (χ1n) is 4.96. The highest BCUT2D eigenvalue weighted by atomic mass is 16.3. The molecule has 14 heavy (non-hydrogen) atoms. The largest absolute Gasteiger partial charge is 0.388 e. The van der Waals surface area contributed by atoms with Crippen molar-refractivity contribution in [3.8, 4) is 0 Å². The molecular formula is C12H14O2.